The van der Waals surface area contributed by atoms with Gasteiger partial charge in [0.15, 0.2) is 0 Å². The third-order valence-corrected chi connectivity index (χ3v) is 8.33. The fourth-order valence-corrected chi connectivity index (χ4v) is 6.17. The van der Waals surface area contributed by atoms with Crippen LogP contribution < -0.4 is 14.2 Å². The summed E-state index contributed by atoms with van der Waals surface area (Å²) in [6.07, 6.45) is 1.59. The zero-order chi connectivity index (χ0) is 28.0. The van der Waals surface area contributed by atoms with E-state index in [1.807, 2.05) is 50.2 Å². The Morgan fingerprint density at radius 3 is 2.48 bits per heavy atom. The molecule has 0 radical (unpaired) electrons. The van der Waals surface area contributed by atoms with E-state index in [1.165, 1.54) is 7.11 Å². The minimum absolute atomic E-state index is 0.0205. The van der Waals surface area contributed by atoms with Crippen molar-refractivity contribution in [2.45, 2.75) is 52.1 Å². The molecule has 1 aliphatic carbocycles. The molecular weight excluding hydrogens is 511 g/mol. The van der Waals surface area contributed by atoms with E-state index in [2.05, 4.69) is 6.92 Å². The van der Waals surface area contributed by atoms with E-state index in [9.17, 15) is 4.79 Å². The Bertz CT molecular complexity index is 1440. The van der Waals surface area contributed by atoms with Gasteiger partial charge in [-0.1, -0.05) is 19.1 Å². The van der Waals surface area contributed by atoms with Crippen LogP contribution in [0.15, 0.2) is 42.5 Å². The van der Waals surface area contributed by atoms with Gasteiger partial charge in [0, 0.05) is 28.5 Å². The van der Waals surface area contributed by atoms with Crippen LogP contribution in [0.3, 0.4) is 0 Å². The molecule has 7 heteroatoms. The average Bonchev–Trinajstić information content (AvgIpc) is 3.50. The maximum atomic E-state index is 15.5. The van der Waals surface area contributed by atoms with Gasteiger partial charge in [-0.15, -0.1) is 0 Å². The lowest BCUT2D eigenvalue weighted by Gasteiger charge is -2.37. The van der Waals surface area contributed by atoms with Crippen molar-refractivity contribution in [1.82, 2.24) is 0 Å². The topological polar surface area (TPSA) is 63.2 Å². The zero-order valence-corrected chi connectivity index (χ0v) is 23.5. The minimum atomic E-state index is -0.252. The third kappa shape index (κ3) is 4.92. The number of carbonyl (C=O) groups is 1. The zero-order valence-electron chi connectivity index (χ0n) is 23.5. The molecule has 0 saturated carbocycles. The molecule has 3 aliphatic rings. The highest BCUT2D eigenvalue weighted by atomic mass is 19.1. The monoisotopic (exact) mass is 546 g/mol. The van der Waals surface area contributed by atoms with Crippen molar-refractivity contribution in [3.8, 4) is 28.4 Å². The Kier molecular flexibility index (Phi) is 6.95. The van der Waals surface area contributed by atoms with Crippen LogP contribution in [0.2, 0.25) is 0 Å². The number of carbonyl (C=O) groups excluding carboxylic acids is 1. The van der Waals surface area contributed by atoms with Crippen LogP contribution in [-0.2, 0) is 20.7 Å². The molecule has 3 aromatic rings. The first-order valence-corrected chi connectivity index (χ1v) is 13.9. The average molecular weight is 547 g/mol. The molecule has 2 heterocycles. The predicted molar refractivity (Wildman–Crippen MR) is 149 cm³/mol. The molecule has 210 valence electrons. The second-order valence-electron chi connectivity index (χ2n) is 11.6. The first-order chi connectivity index (χ1) is 19.2. The lowest BCUT2D eigenvalue weighted by atomic mass is 9.89. The number of rotatable bonds is 8. The summed E-state index contributed by atoms with van der Waals surface area (Å²) < 4.78 is 44.0. The molecule has 1 fully saturated rings. The largest absolute Gasteiger partial charge is 0.493 e. The van der Waals surface area contributed by atoms with Crippen molar-refractivity contribution in [3.63, 3.8) is 0 Å². The highest BCUT2D eigenvalue weighted by Gasteiger charge is 2.35. The molecule has 0 amide bonds. The smallest absolute Gasteiger partial charge is 0.306 e. The van der Waals surface area contributed by atoms with Crippen LogP contribution in [-0.4, -0.2) is 39.5 Å². The van der Waals surface area contributed by atoms with Crippen LogP contribution in [0, 0.1) is 25.1 Å². The molecule has 6 rings (SSSR count). The van der Waals surface area contributed by atoms with E-state index in [0.717, 1.165) is 57.7 Å². The van der Waals surface area contributed by atoms with E-state index >= 15 is 4.39 Å². The Morgan fingerprint density at radius 2 is 1.77 bits per heavy atom. The molecule has 0 aromatic heterocycles. The summed E-state index contributed by atoms with van der Waals surface area (Å²) in [5.41, 5.74) is 6.60. The normalized spacial score (nSPS) is 20.2. The summed E-state index contributed by atoms with van der Waals surface area (Å²) >= 11 is 0. The molecule has 1 saturated heterocycles. The summed E-state index contributed by atoms with van der Waals surface area (Å²) in [7, 11) is 1.40. The third-order valence-electron chi connectivity index (χ3n) is 8.33. The van der Waals surface area contributed by atoms with Gasteiger partial charge in [0.1, 0.15) is 29.2 Å². The van der Waals surface area contributed by atoms with Gasteiger partial charge in [0.25, 0.3) is 0 Å². The lowest BCUT2D eigenvalue weighted by molar-refractivity contribution is -0.141. The van der Waals surface area contributed by atoms with Gasteiger partial charge in [0.2, 0.25) is 0 Å². The molecule has 0 spiro atoms. The molecular formula is C33H35FO6. The fraction of sp³-hybridized carbons (Fsp3) is 0.424. The SMILES string of the molecule is COC(=O)CC1COc2cc(O[C@@H]3CCc4c3ccc(F)c4-c3c(C)cc(OCC4(C)COC4)cc3C)ccc21. The van der Waals surface area contributed by atoms with Crippen LogP contribution >= 0.6 is 0 Å². The molecule has 2 atom stereocenters. The van der Waals surface area contributed by atoms with Crippen molar-refractivity contribution < 1.29 is 32.9 Å². The van der Waals surface area contributed by atoms with E-state index < -0.39 is 0 Å². The molecule has 3 aromatic carbocycles. The molecule has 0 bridgehead atoms. The number of esters is 1. The van der Waals surface area contributed by atoms with E-state index in [-0.39, 0.29) is 35.6 Å². The van der Waals surface area contributed by atoms with E-state index in [0.29, 0.717) is 37.7 Å². The van der Waals surface area contributed by atoms with Crippen molar-refractivity contribution in [3.05, 3.63) is 76.1 Å². The van der Waals surface area contributed by atoms with Crippen LogP contribution in [0.4, 0.5) is 4.39 Å². The quantitative estimate of drug-likeness (QED) is 0.296. The second-order valence-corrected chi connectivity index (χ2v) is 11.6. The number of ether oxygens (including phenoxy) is 5. The summed E-state index contributed by atoms with van der Waals surface area (Å²) in [6, 6.07) is 13.2. The minimum Gasteiger partial charge on any atom is -0.493 e. The number of hydrogen-bond donors (Lipinski definition) is 0. The van der Waals surface area contributed by atoms with Gasteiger partial charge in [-0.3, -0.25) is 4.79 Å². The second kappa shape index (κ2) is 10.4. The summed E-state index contributed by atoms with van der Waals surface area (Å²) in [6.45, 7) is 8.65. The maximum Gasteiger partial charge on any atom is 0.306 e. The number of benzene rings is 3. The Morgan fingerprint density at radius 1 is 1.02 bits per heavy atom. The Labute approximate surface area is 234 Å². The predicted octanol–water partition coefficient (Wildman–Crippen LogP) is 6.63. The molecule has 0 N–H and O–H groups in total. The molecule has 2 aliphatic heterocycles. The van der Waals surface area contributed by atoms with Crippen LogP contribution in [0.1, 0.15) is 59.6 Å². The standard InChI is InChI=1S/C33H35FO6/c1-19-11-23(39-18-33(3)16-37-17-33)12-20(2)31(19)32-26-8-10-28(25(26)7-9-27(32)34)40-22-5-6-24-21(13-30(35)36-4)15-38-29(24)14-22/h5-7,9,11-12,14,21,28H,8,10,13,15-18H2,1-4H3/t21?,28-/m1/s1. The lowest BCUT2D eigenvalue weighted by Crippen LogP contribution is -2.44. The molecule has 40 heavy (non-hydrogen) atoms. The van der Waals surface area contributed by atoms with Gasteiger partial charge in [0.05, 0.1) is 40.0 Å². The Hall–Kier alpha value is -3.58. The number of halogens is 1. The van der Waals surface area contributed by atoms with Gasteiger partial charge in [-0.05, 0) is 78.8 Å². The van der Waals surface area contributed by atoms with Crippen molar-refractivity contribution >= 4 is 5.97 Å². The summed E-state index contributed by atoms with van der Waals surface area (Å²) in [5, 5.41) is 0. The van der Waals surface area contributed by atoms with Gasteiger partial charge in [-0.25, -0.2) is 4.39 Å². The first-order valence-electron chi connectivity index (χ1n) is 13.9. The van der Waals surface area contributed by atoms with Crippen molar-refractivity contribution in [2.75, 3.05) is 33.5 Å². The first kappa shape index (κ1) is 26.6. The van der Waals surface area contributed by atoms with Crippen molar-refractivity contribution in [2.24, 2.45) is 5.41 Å². The number of hydrogen-bond acceptors (Lipinski definition) is 6. The highest BCUT2D eigenvalue weighted by Crippen LogP contribution is 2.45. The summed E-state index contributed by atoms with van der Waals surface area (Å²) in [4.78, 5) is 11.7. The van der Waals surface area contributed by atoms with Gasteiger partial charge >= 0.3 is 5.97 Å². The molecule has 1 unspecified atom stereocenters. The number of aryl methyl sites for hydroxylation is 2. The number of methoxy groups -OCH3 is 1. The summed E-state index contributed by atoms with van der Waals surface area (Å²) in [5.74, 6) is 1.73. The molecule has 6 nitrogen and oxygen atoms in total. The van der Waals surface area contributed by atoms with E-state index in [4.69, 9.17) is 23.7 Å². The van der Waals surface area contributed by atoms with Crippen LogP contribution in [0.5, 0.6) is 17.2 Å². The van der Waals surface area contributed by atoms with Gasteiger partial charge in [-0.2, -0.15) is 0 Å². The van der Waals surface area contributed by atoms with E-state index in [1.54, 1.807) is 6.07 Å². The fourth-order valence-electron chi connectivity index (χ4n) is 6.17. The highest BCUT2D eigenvalue weighted by molar-refractivity contribution is 5.77. The Balaban J connectivity index is 1.23. The van der Waals surface area contributed by atoms with Crippen molar-refractivity contribution in [1.29, 1.82) is 0 Å². The van der Waals surface area contributed by atoms with Crippen LogP contribution in [0.25, 0.3) is 11.1 Å². The number of fused-ring (bicyclic) bond motifs is 2. The van der Waals surface area contributed by atoms with Gasteiger partial charge < -0.3 is 23.7 Å². The maximum absolute atomic E-state index is 15.5.